The van der Waals surface area contributed by atoms with E-state index in [0.29, 0.717) is 53.2 Å². The van der Waals surface area contributed by atoms with Crippen LogP contribution in [-0.4, -0.2) is 36.6 Å². The van der Waals surface area contributed by atoms with Gasteiger partial charge in [0.2, 0.25) is 0 Å². The van der Waals surface area contributed by atoms with Gasteiger partial charge in [0.15, 0.2) is 0 Å². The Bertz CT molecular complexity index is 987. The van der Waals surface area contributed by atoms with Crippen LogP contribution in [0.2, 0.25) is 0 Å². The minimum absolute atomic E-state index is 0.0871. The first-order chi connectivity index (χ1) is 15.6. The molecule has 0 spiro atoms. The maximum absolute atomic E-state index is 10.1. The van der Waals surface area contributed by atoms with Gasteiger partial charge < -0.3 is 14.8 Å². The van der Waals surface area contributed by atoms with Crippen molar-refractivity contribution in [3.05, 3.63) is 35.4 Å². The molecule has 1 N–H and O–H groups in total. The molecule has 1 aromatic heterocycles. The van der Waals surface area contributed by atoms with E-state index >= 15 is 0 Å². The zero-order valence-electron chi connectivity index (χ0n) is 19.0. The van der Waals surface area contributed by atoms with Crippen molar-refractivity contribution in [2.45, 2.75) is 51.2 Å². The van der Waals surface area contributed by atoms with Crippen molar-refractivity contribution < 1.29 is 9.47 Å². The third kappa shape index (κ3) is 5.54. The number of hydrogen-bond acceptors (Lipinski definition) is 7. The van der Waals surface area contributed by atoms with Crippen LogP contribution in [0, 0.1) is 28.6 Å². The predicted molar refractivity (Wildman–Crippen MR) is 128 cm³/mol. The molecule has 2 aromatic rings. The lowest BCUT2D eigenvalue weighted by molar-refractivity contribution is -0.0796. The summed E-state index contributed by atoms with van der Waals surface area (Å²) < 4.78 is 11.0. The molecule has 0 unspecified atom stereocenters. The SMILES string of the molecule is CCCNc1nc(SCC(CC)CC)c(C#N)c(-c2ccc(OC3COC3)cc2)c1C#N. The van der Waals surface area contributed by atoms with Crippen molar-refractivity contribution in [3.63, 3.8) is 0 Å². The highest BCUT2D eigenvalue weighted by atomic mass is 32.2. The molecule has 6 nitrogen and oxygen atoms in total. The molecule has 0 atom stereocenters. The van der Waals surface area contributed by atoms with Gasteiger partial charge in [-0.3, -0.25) is 0 Å². The second-order valence-electron chi connectivity index (χ2n) is 7.84. The van der Waals surface area contributed by atoms with Crippen LogP contribution in [0.15, 0.2) is 29.3 Å². The minimum Gasteiger partial charge on any atom is -0.486 e. The first-order valence-corrected chi connectivity index (χ1v) is 12.2. The van der Waals surface area contributed by atoms with Crippen LogP contribution in [0.1, 0.15) is 51.2 Å². The van der Waals surface area contributed by atoms with Crippen molar-refractivity contribution in [2.24, 2.45) is 5.92 Å². The molecule has 3 rings (SSSR count). The van der Waals surface area contributed by atoms with Gasteiger partial charge in [-0.1, -0.05) is 45.7 Å². The van der Waals surface area contributed by atoms with Crippen molar-refractivity contribution in [3.8, 4) is 29.0 Å². The number of anilines is 1. The molecule has 0 bridgehead atoms. The van der Waals surface area contributed by atoms with Gasteiger partial charge in [-0.25, -0.2) is 4.98 Å². The van der Waals surface area contributed by atoms with Crippen LogP contribution in [0.3, 0.4) is 0 Å². The van der Waals surface area contributed by atoms with Crippen molar-refractivity contribution >= 4 is 17.6 Å². The molecule has 1 aliphatic heterocycles. The van der Waals surface area contributed by atoms with Gasteiger partial charge in [-0.2, -0.15) is 10.5 Å². The predicted octanol–water partition coefficient (Wildman–Crippen LogP) is 5.62. The Labute approximate surface area is 194 Å². The fourth-order valence-corrected chi connectivity index (χ4v) is 4.75. The van der Waals surface area contributed by atoms with Crippen molar-refractivity contribution in [1.82, 2.24) is 4.98 Å². The van der Waals surface area contributed by atoms with Crippen LogP contribution < -0.4 is 10.1 Å². The summed E-state index contributed by atoms with van der Waals surface area (Å²) in [5.41, 5.74) is 2.30. The third-order valence-corrected chi connectivity index (χ3v) is 6.80. The fourth-order valence-electron chi connectivity index (χ4n) is 3.44. The molecule has 0 aliphatic carbocycles. The summed E-state index contributed by atoms with van der Waals surface area (Å²) in [6.07, 6.45) is 3.17. The molecular weight excluding hydrogens is 420 g/mol. The van der Waals surface area contributed by atoms with E-state index in [1.54, 1.807) is 11.8 Å². The average molecular weight is 451 g/mol. The van der Waals surface area contributed by atoms with Gasteiger partial charge in [0.05, 0.1) is 18.8 Å². The van der Waals surface area contributed by atoms with E-state index < -0.39 is 0 Å². The number of rotatable bonds is 11. The summed E-state index contributed by atoms with van der Waals surface area (Å²) in [5.74, 6) is 2.75. The van der Waals surface area contributed by atoms with E-state index in [2.05, 4.69) is 38.2 Å². The highest BCUT2D eigenvalue weighted by Gasteiger charge is 2.23. The summed E-state index contributed by atoms with van der Waals surface area (Å²) in [7, 11) is 0. The molecule has 168 valence electrons. The zero-order chi connectivity index (χ0) is 22.9. The second kappa shape index (κ2) is 11.8. The van der Waals surface area contributed by atoms with Gasteiger partial charge in [0.25, 0.3) is 0 Å². The third-order valence-electron chi connectivity index (χ3n) is 5.59. The topological polar surface area (TPSA) is 91.0 Å². The molecule has 1 aromatic carbocycles. The molecule has 1 aliphatic rings. The normalized spacial score (nSPS) is 13.3. The van der Waals surface area contributed by atoms with E-state index in [0.717, 1.165) is 36.3 Å². The van der Waals surface area contributed by atoms with Crippen LogP contribution in [0.25, 0.3) is 11.1 Å². The summed E-state index contributed by atoms with van der Waals surface area (Å²) >= 11 is 1.61. The van der Waals surface area contributed by atoms with E-state index in [9.17, 15) is 10.5 Å². The maximum Gasteiger partial charge on any atom is 0.146 e. The number of nitrogens with one attached hydrogen (secondary N) is 1. The largest absolute Gasteiger partial charge is 0.486 e. The minimum atomic E-state index is 0.0871. The first-order valence-electron chi connectivity index (χ1n) is 11.2. The van der Waals surface area contributed by atoms with Gasteiger partial charge >= 0.3 is 0 Å². The number of hydrogen-bond donors (Lipinski definition) is 1. The number of nitriles is 2. The van der Waals surface area contributed by atoms with E-state index in [4.69, 9.17) is 14.5 Å². The summed E-state index contributed by atoms with van der Waals surface area (Å²) in [5, 5.41) is 24.0. The first kappa shape index (κ1) is 23.9. The van der Waals surface area contributed by atoms with E-state index in [1.807, 2.05) is 24.3 Å². The van der Waals surface area contributed by atoms with Gasteiger partial charge in [-0.05, 0) is 30.0 Å². The van der Waals surface area contributed by atoms with Crippen LogP contribution in [-0.2, 0) is 4.74 Å². The van der Waals surface area contributed by atoms with E-state index in [-0.39, 0.29) is 6.10 Å². The standard InChI is InChI=1S/C25H30N4O2S/c1-4-11-28-24-21(12-26)23(18-7-9-19(10-8-18)31-20-14-30-15-20)22(13-27)25(29-24)32-16-17(5-2)6-3/h7-10,17,20H,4-6,11,14-16H2,1-3H3,(H,28,29). The Balaban J connectivity index is 2.03. The average Bonchev–Trinajstić information content (AvgIpc) is 2.80. The lowest BCUT2D eigenvalue weighted by Gasteiger charge is -2.26. The van der Waals surface area contributed by atoms with Crippen molar-refractivity contribution in [1.29, 1.82) is 10.5 Å². The monoisotopic (exact) mass is 450 g/mol. The molecule has 32 heavy (non-hydrogen) atoms. The molecule has 1 fully saturated rings. The van der Waals surface area contributed by atoms with Gasteiger partial charge in [0.1, 0.15) is 40.4 Å². The Morgan fingerprint density at radius 3 is 2.34 bits per heavy atom. The quantitative estimate of drug-likeness (QED) is 0.444. The maximum atomic E-state index is 10.1. The molecule has 2 heterocycles. The Morgan fingerprint density at radius 1 is 1.12 bits per heavy atom. The molecular formula is C25H30N4O2S. The number of ether oxygens (including phenoxy) is 2. The Morgan fingerprint density at radius 2 is 1.81 bits per heavy atom. The van der Waals surface area contributed by atoms with Gasteiger partial charge in [0, 0.05) is 17.9 Å². The molecule has 7 heteroatoms. The fraction of sp³-hybridized carbons (Fsp3) is 0.480. The number of pyridine rings is 1. The lowest BCUT2D eigenvalue weighted by atomic mass is 9.96. The highest BCUT2D eigenvalue weighted by molar-refractivity contribution is 7.99. The van der Waals surface area contributed by atoms with Crippen molar-refractivity contribution in [2.75, 3.05) is 30.8 Å². The number of nitrogens with zero attached hydrogens (tertiary/aromatic N) is 3. The highest BCUT2D eigenvalue weighted by Crippen LogP contribution is 2.38. The zero-order valence-corrected chi connectivity index (χ0v) is 19.8. The summed E-state index contributed by atoms with van der Waals surface area (Å²) in [4.78, 5) is 4.72. The van der Waals surface area contributed by atoms with Crippen LogP contribution in [0.4, 0.5) is 5.82 Å². The number of thioether (sulfide) groups is 1. The van der Waals surface area contributed by atoms with Gasteiger partial charge in [-0.15, -0.1) is 11.8 Å². The number of benzene rings is 1. The molecule has 0 amide bonds. The molecule has 0 saturated carbocycles. The lowest BCUT2D eigenvalue weighted by Crippen LogP contribution is -2.38. The molecule has 1 saturated heterocycles. The van der Waals surface area contributed by atoms with Crippen LogP contribution >= 0.6 is 11.8 Å². The van der Waals surface area contributed by atoms with E-state index in [1.165, 1.54) is 0 Å². The smallest absolute Gasteiger partial charge is 0.146 e. The summed E-state index contributed by atoms with van der Waals surface area (Å²) in [6, 6.07) is 12.2. The summed E-state index contributed by atoms with van der Waals surface area (Å²) in [6.45, 7) is 8.36. The number of aromatic nitrogens is 1. The second-order valence-corrected chi connectivity index (χ2v) is 8.84. The molecule has 0 radical (unpaired) electrons. The Kier molecular flexibility index (Phi) is 8.79. The Hall–Kier alpha value is -2.74. The van der Waals surface area contributed by atoms with Crippen LogP contribution in [0.5, 0.6) is 5.75 Å².